The van der Waals surface area contributed by atoms with Gasteiger partial charge in [-0.2, -0.15) is 0 Å². The molecule has 7 heteroatoms. The monoisotopic (exact) mass is 315 g/mol. The molecular formula is C16H14FN3O3. The lowest BCUT2D eigenvalue weighted by molar-refractivity contribution is -0.119. The standard InChI is InChI=1S/C16H14FN3O3/c17-12-6-4-11(5-7-12)10-23-14-3-1-2-13(8-14)20-9-15(21)18-16(22)19-20/h1-8H,9-10H2,(H2,18,19,21,22). The first kappa shape index (κ1) is 14.8. The number of amides is 3. The molecule has 0 aliphatic carbocycles. The third-order valence-corrected chi connectivity index (χ3v) is 3.24. The van der Waals surface area contributed by atoms with Crippen LogP contribution in [0.1, 0.15) is 5.56 Å². The van der Waals surface area contributed by atoms with Crippen molar-refractivity contribution < 1.29 is 18.7 Å². The summed E-state index contributed by atoms with van der Waals surface area (Å²) in [4.78, 5) is 22.7. The van der Waals surface area contributed by atoms with E-state index in [1.165, 1.54) is 17.1 Å². The van der Waals surface area contributed by atoms with Crippen LogP contribution in [0, 0.1) is 5.82 Å². The lowest BCUT2D eigenvalue weighted by Gasteiger charge is -2.28. The molecule has 1 saturated heterocycles. The number of imide groups is 1. The molecule has 0 bridgehead atoms. The molecule has 2 N–H and O–H groups in total. The number of anilines is 1. The van der Waals surface area contributed by atoms with Gasteiger partial charge in [0.2, 0.25) is 5.91 Å². The zero-order valence-electron chi connectivity index (χ0n) is 12.1. The van der Waals surface area contributed by atoms with Crippen LogP contribution >= 0.6 is 0 Å². The number of urea groups is 1. The topological polar surface area (TPSA) is 70.7 Å². The molecule has 0 aromatic heterocycles. The van der Waals surface area contributed by atoms with Crippen LogP contribution in [-0.4, -0.2) is 18.5 Å². The fourth-order valence-corrected chi connectivity index (χ4v) is 2.14. The molecule has 1 aliphatic heterocycles. The first-order chi connectivity index (χ1) is 11.1. The number of rotatable bonds is 4. The summed E-state index contributed by atoms with van der Waals surface area (Å²) in [5.41, 5.74) is 4.00. The van der Waals surface area contributed by atoms with E-state index in [0.717, 1.165) is 5.56 Å². The third kappa shape index (κ3) is 3.76. The highest BCUT2D eigenvalue weighted by Gasteiger charge is 2.22. The number of hydrogen-bond acceptors (Lipinski definition) is 4. The number of ether oxygens (including phenoxy) is 1. The molecule has 2 aromatic carbocycles. The number of benzene rings is 2. The van der Waals surface area contributed by atoms with Gasteiger partial charge in [-0.1, -0.05) is 18.2 Å². The fourth-order valence-electron chi connectivity index (χ4n) is 2.14. The normalized spacial score (nSPS) is 14.2. The van der Waals surface area contributed by atoms with Gasteiger partial charge in [-0.3, -0.25) is 15.1 Å². The summed E-state index contributed by atoms with van der Waals surface area (Å²) in [5.74, 6) is -0.103. The van der Waals surface area contributed by atoms with Crippen molar-refractivity contribution in [2.75, 3.05) is 11.6 Å². The highest BCUT2D eigenvalue weighted by atomic mass is 19.1. The van der Waals surface area contributed by atoms with Gasteiger partial charge in [-0.15, -0.1) is 0 Å². The van der Waals surface area contributed by atoms with E-state index in [2.05, 4.69) is 10.7 Å². The Labute approximate surface area is 131 Å². The molecule has 0 radical (unpaired) electrons. The predicted octanol–water partition coefficient (Wildman–Crippen LogP) is 1.97. The smallest absolute Gasteiger partial charge is 0.340 e. The van der Waals surface area contributed by atoms with Crippen molar-refractivity contribution in [3.05, 3.63) is 59.9 Å². The molecule has 3 rings (SSSR count). The summed E-state index contributed by atoms with van der Waals surface area (Å²) in [6.07, 6.45) is 0. The van der Waals surface area contributed by atoms with Crippen molar-refractivity contribution in [2.24, 2.45) is 0 Å². The molecule has 0 spiro atoms. The lowest BCUT2D eigenvalue weighted by Crippen LogP contribution is -2.59. The van der Waals surface area contributed by atoms with Crippen LogP contribution in [0.3, 0.4) is 0 Å². The number of hydrazine groups is 1. The maximum absolute atomic E-state index is 12.9. The van der Waals surface area contributed by atoms with E-state index >= 15 is 0 Å². The van der Waals surface area contributed by atoms with E-state index in [0.29, 0.717) is 11.4 Å². The zero-order valence-corrected chi connectivity index (χ0v) is 12.1. The average Bonchev–Trinajstić information content (AvgIpc) is 2.54. The Morgan fingerprint density at radius 1 is 1.13 bits per heavy atom. The van der Waals surface area contributed by atoms with Crippen molar-refractivity contribution >= 4 is 17.6 Å². The molecular weight excluding hydrogens is 301 g/mol. The van der Waals surface area contributed by atoms with Gasteiger partial charge in [0.15, 0.2) is 0 Å². The quantitative estimate of drug-likeness (QED) is 0.905. The molecule has 2 aromatic rings. The van der Waals surface area contributed by atoms with Gasteiger partial charge in [-0.25, -0.2) is 14.6 Å². The minimum atomic E-state index is -0.570. The van der Waals surface area contributed by atoms with Gasteiger partial charge < -0.3 is 4.74 Å². The molecule has 1 fully saturated rings. The van der Waals surface area contributed by atoms with Crippen LogP contribution in [0.2, 0.25) is 0 Å². The summed E-state index contributed by atoms with van der Waals surface area (Å²) >= 11 is 0. The second kappa shape index (κ2) is 6.35. The lowest BCUT2D eigenvalue weighted by atomic mass is 10.2. The number of halogens is 1. The van der Waals surface area contributed by atoms with Crippen molar-refractivity contribution in [1.29, 1.82) is 0 Å². The van der Waals surface area contributed by atoms with E-state index in [-0.39, 0.29) is 24.9 Å². The summed E-state index contributed by atoms with van der Waals surface area (Å²) in [6, 6.07) is 12.5. The minimum Gasteiger partial charge on any atom is -0.489 e. The molecule has 118 valence electrons. The van der Waals surface area contributed by atoms with E-state index in [4.69, 9.17) is 4.74 Å². The minimum absolute atomic E-state index is 0.0210. The number of nitrogens with zero attached hydrogens (tertiary/aromatic N) is 1. The van der Waals surface area contributed by atoms with Crippen LogP contribution in [0.5, 0.6) is 5.75 Å². The third-order valence-electron chi connectivity index (χ3n) is 3.24. The summed E-state index contributed by atoms with van der Waals surface area (Å²) in [6.45, 7) is 0.309. The Morgan fingerprint density at radius 2 is 1.91 bits per heavy atom. The Hall–Kier alpha value is -3.09. The van der Waals surface area contributed by atoms with Gasteiger partial charge in [-0.05, 0) is 29.8 Å². The Bertz CT molecular complexity index is 718. The number of nitrogens with one attached hydrogen (secondary N) is 2. The molecule has 3 amide bonds. The van der Waals surface area contributed by atoms with Crippen LogP contribution < -0.4 is 20.5 Å². The van der Waals surface area contributed by atoms with Crippen molar-refractivity contribution in [2.45, 2.75) is 6.61 Å². The maximum atomic E-state index is 12.9. The Morgan fingerprint density at radius 3 is 2.65 bits per heavy atom. The second-order valence-electron chi connectivity index (χ2n) is 4.99. The average molecular weight is 315 g/mol. The number of hydrogen-bond donors (Lipinski definition) is 2. The Kier molecular flexibility index (Phi) is 4.09. The van der Waals surface area contributed by atoms with Crippen LogP contribution in [0.15, 0.2) is 48.5 Å². The Balaban J connectivity index is 1.68. The first-order valence-electron chi connectivity index (χ1n) is 6.95. The van der Waals surface area contributed by atoms with Crippen LogP contribution in [0.4, 0.5) is 14.9 Å². The fraction of sp³-hybridized carbons (Fsp3) is 0.125. The molecule has 0 saturated carbocycles. The predicted molar refractivity (Wildman–Crippen MR) is 81.2 cm³/mol. The molecule has 1 aliphatic rings. The highest BCUT2D eigenvalue weighted by molar-refractivity contribution is 6.00. The SMILES string of the molecule is O=C1CN(c2cccc(OCc3ccc(F)cc3)c2)NC(=O)N1. The maximum Gasteiger partial charge on any atom is 0.340 e. The van der Waals surface area contributed by atoms with Crippen molar-refractivity contribution in [3.8, 4) is 5.75 Å². The summed E-state index contributed by atoms with van der Waals surface area (Å²) in [7, 11) is 0. The van der Waals surface area contributed by atoms with E-state index in [9.17, 15) is 14.0 Å². The summed E-state index contributed by atoms with van der Waals surface area (Å²) in [5, 5.41) is 3.59. The van der Waals surface area contributed by atoms with Crippen LogP contribution in [-0.2, 0) is 11.4 Å². The van der Waals surface area contributed by atoms with Gasteiger partial charge in [0.05, 0.1) is 5.69 Å². The molecule has 0 atom stereocenters. The highest BCUT2D eigenvalue weighted by Crippen LogP contribution is 2.21. The van der Waals surface area contributed by atoms with E-state index in [1.54, 1.807) is 36.4 Å². The van der Waals surface area contributed by atoms with Gasteiger partial charge in [0.1, 0.15) is 24.7 Å². The van der Waals surface area contributed by atoms with E-state index in [1.807, 2.05) is 0 Å². The number of carbonyl (C=O) groups is 2. The largest absolute Gasteiger partial charge is 0.489 e. The number of carbonyl (C=O) groups excluding carboxylic acids is 2. The molecule has 1 heterocycles. The molecule has 0 unspecified atom stereocenters. The second-order valence-corrected chi connectivity index (χ2v) is 4.99. The zero-order chi connectivity index (χ0) is 16.2. The van der Waals surface area contributed by atoms with Gasteiger partial charge in [0, 0.05) is 6.07 Å². The van der Waals surface area contributed by atoms with Gasteiger partial charge in [0.25, 0.3) is 0 Å². The van der Waals surface area contributed by atoms with Crippen molar-refractivity contribution in [1.82, 2.24) is 10.7 Å². The van der Waals surface area contributed by atoms with E-state index < -0.39 is 6.03 Å². The first-order valence-corrected chi connectivity index (χ1v) is 6.95. The summed E-state index contributed by atoms with van der Waals surface area (Å²) < 4.78 is 18.5. The molecule has 23 heavy (non-hydrogen) atoms. The van der Waals surface area contributed by atoms with Crippen LogP contribution in [0.25, 0.3) is 0 Å². The molecule has 6 nitrogen and oxygen atoms in total. The van der Waals surface area contributed by atoms with Crippen molar-refractivity contribution in [3.63, 3.8) is 0 Å². The van der Waals surface area contributed by atoms with Gasteiger partial charge >= 0.3 is 6.03 Å².